The molecule has 0 aromatic heterocycles. The van der Waals surface area contributed by atoms with E-state index in [2.05, 4.69) is 15.9 Å². The average Bonchev–Trinajstić information content (AvgIpc) is 2.31. The number of hydrogen-bond acceptors (Lipinski definition) is 5. The van der Waals surface area contributed by atoms with Crippen LogP contribution < -0.4 is 0 Å². The fraction of sp³-hybridized carbons (Fsp3) is 0.273. The summed E-state index contributed by atoms with van der Waals surface area (Å²) in [6.45, 7) is 1.94. The van der Waals surface area contributed by atoms with Crippen LogP contribution in [0.4, 0.5) is 5.69 Å². The Morgan fingerprint density at radius 2 is 2.28 bits per heavy atom. The van der Waals surface area contributed by atoms with Gasteiger partial charge in [-0.2, -0.15) is 5.26 Å². The van der Waals surface area contributed by atoms with Crippen LogP contribution >= 0.6 is 15.9 Å². The molecule has 0 aliphatic carbocycles. The second-order valence-electron chi connectivity index (χ2n) is 3.31. The fourth-order valence-electron chi connectivity index (χ4n) is 1.35. The van der Waals surface area contributed by atoms with Gasteiger partial charge in [-0.15, -0.1) is 0 Å². The highest BCUT2D eigenvalue weighted by atomic mass is 79.9. The van der Waals surface area contributed by atoms with Gasteiger partial charge < -0.3 is 4.74 Å². The molecule has 0 heterocycles. The molecule has 0 amide bonds. The predicted octanol–water partition coefficient (Wildman–Crippen LogP) is 2.33. The molecule has 1 aromatic carbocycles. The van der Waals surface area contributed by atoms with E-state index >= 15 is 0 Å². The van der Waals surface area contributed by atoms with Gasteiger partial charge in [0.15, 0.2) is 0 Å². The first-order chi connectivity index (χ1) is 8.49. The number of nitro groups is 1. The second-order valence-corrected chi connectivity index (χ2v) is 4.17. The van der Waals surface area contributed by atoms with Crippen LogP contribution in [-0.4, -0.2) is 17.5 Å². The van der Waals surface area contributed by atoms with Crippen LogP contribution in [-0.2, 0) is 16.0 Å². The molecule has 0 fully saturated rings. The summed E-state index contributed by atoms with van der Waals surface area (Å²) in [5.41, 5.74) is 0.107. The van der Waals surface area contributed by atoms with Crippen molar-refractivity contribution < 1.29 is 14.5 Å². The summed E-state index contributed by atoms with van der Waals surface area (Å²) in [5, 5.41) is 19.5. The first-order valence-electron chi connectivity index (χ1n) is 5.02. The summed E-state index contributed by atoms with van der Waals surface area (Å²) in [6.07, 6.45) is -0.0406. The second kappa shape index (κ2) is 6.12. The molecule has 0 N–H and O–H groups in total. The van der Waals surface area contributed by atoms with Crippen LogP contribution in [0.15, 0.2) is 16.6 Å². The Balaban J connectivity index is 3.13. The van der Waals surface area contributed by atoms with Crippen LogP contribution in [0, 0.1) is 21.4 Å². The quantitative estimate of drug-likeness (QED) is 0.483. The minimum absolute atomic E-state index is 0.0406. The van der Waals surface area contributed by atoms with E-state index in [1.54, 1.807) is 13.0 Å². The summed E-state index contributed by atoms with van der Waals surface area (Å²) in [5.74, 6) is -0.448. The first-order valence-corrected chi connectivity index (χ1v) is 5.81. The van der Waals surface area contributed by atoms with Gasteiger partial charge in [0, 0.05) is 10.5 Å². The summed E-state index contributed by atoms with van der Waals surface area (Å²) in [7, 11) is 0. The van der Waals surface area contributed by atoms with Gasteiger partial charge in [-0.25, -0.2) is 0 Å². The van der Waals surface area contributed by atoms with Crippen molar-refractivity contribution in [3.05, 3.63) is 37.8 Å². The lowest BCUT2D eigenvalue weighted by molar-refractivity contribution is -0.385. The number of carbonyl (C=O) groups is 1. The molecule has 6 nitrogen and oxygen atoms in total. The Morgan fingerprint density at radius 1 is 1.61 bits per heavy atom. The van der Waals surface area contributed by atoms with Gasteiger partial charge >= 0.3 is 5.97 Å². The molecular formula is C11H9BrN2O4. The zero-order valence-corrected chi connectivity index (χ0v) is 11.1. The van der Waals surface area contributed by atoms with Crippen LogP contribution in [0.1, 0.15) is 18.1 Å². The molecule has 0 aliphatic heterocycles. The van der Waals surface area contributed by atoms with Crippen molar-refractivity contribution in [1.82, 2.24) is 0 Å². The van der Waals surface area contributed by atoms with Crippen LogP contribution in [0.2, 0.25) is 0 Å². The molecule has 0 spiro atoms. The molecular weight excluding hydrogens is 304 g/mol. The van der Waals surface area contributed by atoms with Crippen molar-refractivity contribution >= 4 is 27.6 Å². The minimum atomic E-state index is -0.641. The lowest BCUT2D eigenvalue weighted by atomic mass is 10.1. The lowest BCUT2D eigenvalue weighted by Crippen LogP contribution is -2.08. The molecule has 1 aromatic rings. The van der Waals surface area contributed by atoms with Crippen molar-refractivity contribution in [2.75, 3.05) is 6.61 Å². The SMILES string of the molecule is CCOC(=O)Cc1cc(C#N)c([N+](=O)[O-])cc1Br. The Morgan fingerprint density at radius 3 is 2.78 bits per heavy atom. The van der Waals surface area contributed by atoms with Gasteiger partial charge in [-0.1, -0.05) is 15.9 Å². The van der Waals surface area contributed by atoms with E-state index in [0.717, 1.165) is 0 Å². The number of nitrogens with zero attached hydrogens (tertiary/aromatic N) is 2. The third kappa shape index (κ3) is 3.28. The van der Waals surface area contributed by atoms with Gasteiger partial charge in [-0.05, 0) is 18.6 Å². The third-order valence-corrected chi connectivity index (χ3v) is 2.86. The first kappa shape index (κ1) is 14.1. The van der Waals surface area contributed by atoms with Gasteiger partial charge in [0.25, 0.3) is 5.69 Å². The molecule has 0 radical (unpaired) electrons. The van der Waals surface area contributed by atoms with Crippen molar-refractivity contribution in [3.8, 4) is 6.07 Å². The van der Waals surface area contributed by atoms with Crippen LogP contribution in [0.3, 0.4) is 0 Å². The summed E-state index contributed by atoms with van der Waals surface area (Å²) in [6, 6.07) is 4.27. The zero-order valence-electron chi connectivity index (χ0n) is 9.47. The molecule has 94 valence electrons. The van der Waals surface area contributed by atoms with E-state index in [1.807, 2.05) is 0 Å². The molecule has 0 aliphatic rings. The van der Waals surface area contributed by atoms with Gasteiger partial charge in [0.1, 0.15) is 11.6 Å². The summed E-state index contributed by atoms with van der Waals surface area (Å²) in [4.78, 5) is 21.4. The van der Waals surface area contributed by atoms with E-state index in [0.29, 0.717) is 10.0 Å². The topological polar surface area (TPSA) is 93.2 Å². The highest BCUT2D eigenvalue weighted by Crippen LogP contribution is 2.27. The van der Waals surface area contributed by atoms with E-state index in [4.69, 9.17) is 10.00 Å². The Bertz CT molecular complexity index is 537. The molecule has 0 unspecified atom stereocenters. The maximum atomic E-state index is 11.3. The number of nitriles is 1. The van der Waals surface area contributed by atoms with E-state index < -0.39 is 10.9 Å². The third-order valence-electron chi connectivity index (χ3n) is 2.12. The largest absolute Gasteiger partial charge is 0.466 e. The van der Waals surface area contributed by atoms with Crippen molar-refractivity contribution in [2.24, 2.45) is 0 Å². The molecule has 0 saturated heterocycles. The Hall–Kier alpha value is -1.94. The number of rotatable bonds is 4. The number of benzene rings is 1. The Kier molecular flexibility index (Phi) is 4.80. The molecule has 7 heteroatoms. The minimum Gasteiger partial charge on any atom is -0.466 e. The number of esters is 1. The van der Waals surface area contributed by atoms with Gasteiger partial charge in [0.2, 0.25) is 0 Å². The van der Waals surface area contributed by atoms with Gasteiger partial charge in [-0.3, -0.25) is 14.9 Å². The lowest BCUT2D eigenvalue weighted by Gasteiger charge is -2.05. The highest BCUT2D eigenvalue weighted by Gasteiger charge is 2.18. The molecule has 0 saturated carbocycles. The van der Waals surface area contributed by atoms with E-state index in [1.165, 1.54) is 12.1 Å². The fourth-order valence-corrected chi connectivity index (χ4v) is 1.82. The monoisotopic (exact) mass is 312 g/mol. The Labute approximate surface area is 111 Å². The summed E-state index contributed by atoms with van der Waals surface area (Å²) >= 11 is 3.14. The predicted molar refractivity (Wildman–Crippen MR) is 65.8 cm³/mol. The number of halogens is 1. The van der Waals surface area contributed by atoms with Crippen molar-refractivity contribution in [1.29, 1.82) is 5.26 Å². The average molecular weight is 313 g/mol. The smallest absolute Gasteiger partial charge is 0.310 e. The van der Waals surface area contributed by atoms with E-state index in [-0.39, 0.29) is 24.3 Å². The number of carbonyl (C=O) groups excluding carboxylic acids is 1. The molecule has 0 atom stereocenters. The van der Waals surface area contributed by atoms with Gasteiger partial charge in [0.05, 0.1) is 18.0 Å². The standard InChI is InChI=1S/C11H9BrN2O4/c1-2-18-11(15)4-7-3-8(6-13)10(14(16)17)5-9(7)12/h3,5H,2,4H2,1H3. The van der Waals surface area contributed by atoms with Crippen LogP contribution in [0.5, 0.6) is 0 Å². The van der Waals surface area contributed by atoms with Crippen molar-refractivity contribution in [2.45, 2.75) is 13.3 Å². The zero-order chi connectivity index (χ0) is 13.7. The maximum absolute atomic E-state index is 11.3. The molecule has 18 heavy (non-hydrogen) atoms. The molecule has 0 bridgehead atoms. The highest BCUT2D eigenvalue weighted by molar-refractivity contribution is 9.10. The van der Waals surface area contributed by atoms with Crippen molar-refractivity contribution in [3.63, 3.8) is 0 Å². The molecule has 1 rings (SSSR count). The number of nitro benzene ring substituents is 1. The normalized spacial score (nSPS) is 9.61. The van der Waals surface area contributed by atoms with Crippen LogP contribution in [0.25, 0.3) is 0 Å². The number of hydrogen-bond donors (Lipinski definition) is 0. The summed E-state index contributed by atoms with van der Waals surface area (Å²) < 4.78 is 5.18. The number of ether oxygens (including phenoxy) is 1. The maximum Gasteiger partial charge on any atom is 0.310 e. The van der Waals surface area contributed by atoms with E-state index in [9.17, 15) is 14.9 Å².